The number of aliphatic hydroxyl groups is 1. The highest BCUT2D eigenvalue weighted by Gasteiger charge is 2.69. The lowest BCUT2D eigenvalue weighted by Crippen LogP contribution is -2.59. The highest BCUT2D eigenvalue weighted by molar-refractivity contribution is 6.01. The van der Waals surface area contributed by atoms with Crippen LogP contribution in [0.4, 0.5) is 8.78 Å². The Balaban J connectivity index is 1.80. The summed E-state index contributed by atoms with van der Waals surface area (Å²) in [6.07, 6.45) is 2.66. The molecular weight excluding hydrogens is 354 g/mol. The Morgan fingerprint density at radius 2 is 2.07 bits per heavy atom. The summed E-state index contributed by atoms with van der Waals surface area (Å²) in [4.78, 5) is 23.7. The third-order valence-electron chi connectivity index (χ3n) is 8.13. The van der Waals surface area contributed by atoms with E-state index in [4.69, 9.17) is 0 Å². The van der Waals surface area contributed by atoms with Gasteiger partial charge in [-0.1, -0.05) is 25.5 Å². The summed E-state index contributed by atoms with van der Waals surface area (Å²) >= 11 is 0. The van der Waals surface area contributed by atoms with E-state index < -0.39 is 41.2 Å². The minimum Gasteiger partial charge on any atom is -0.481 e. The standard InChI is InChI=1S/C21H26F2O4/c1-10-7-14-13-4-3-11-8-12(24)5-6-20(11,2)17(13)15(25)9-21(14,19(22)23)16(10)18(26)27/h5-6,8,10,13-17,19,25H,3-4,7,9H2,1-2H3,(H,26,27)/t10?,13-,14-,15?,16?,17+,20-,21+/m0/s1. The molecule has 4 aliphatic rings. The Kier molecular flexibility index (Phi) is 4.15. The lowest BCUT2D eigenvalue weighted by atomic mass is 9.46. The van der Waals surface area contributed by atoms with Crippen molar-refractivity contribution >= 4 is 11.8 Å². The second-order valence-electron chi connectivity index (χ2n) is 9.24. The van der Waals surface area contributed by atoms with Gasteiger partial charge in [0.1, 0.15) is 0 Å². The van der Waals surface area contributed by atoms with E-state index >= 15 is 0 Å². The van der Waals surface area contributed by atoms with Gasteiger partial charge in [0.25, 0.3) is 0 Å². The maximum atomic E-state index is 14.4. The van der Waals surface area contributed by atoms with E-state index in [1.165, 1.54) is 6.08 Å². The summed E-state index contributed by atoms with van der Waals surface area (Å²) in [5, 5.41) is 20.8. The van der Waals surface area contributed by atoms with E-state index in [0.29, 0.717) is 19.3 Å². The van der Waals surface area contributed by atoms with Crippen molar-refractivity contribution in [3.8, 4) is 0 Å². The average molecular weight is 380 g/mol. The van der Waals surface area contributed by atoms with Crippen LogP contribution in [0, 0.1) is 40.4 Å². The van der Waals surface area contributed by atoms with Crippen LogP contribution in [-0.2, 0) is 9.59 Å². The molecule has 4 rings (SSSR count). The van der Waals surface area contributed by atoms with Crippen LogP contribution < -0.4 is 0 Å². The number of halogens is 2. The van der Waals surface area contributed by atoms with Gasteiger partial charge in [0.05, 0.1) is 17.4 Å². The van der Waals surface area contributed by atoms with E-state index in [9.17, 15) is 28.6 Å². The summed E-state index contributed by atoms with van der Waals surface area (Å²) in [5.41, 5.74) is -1.24. The van der Waals surface area contributed by atoms with E-state index in [1.807, 2.05) is 13.0 Å². The van der Waals surface area contributed by atoms with Gasteiger partial charge in [-0.2, -0.15) is 0 Å². The quantitative estimate of drug-likeness (QED) is 0.769. The number of fused-ring (bicyclic) bond motifs is 5. The molecule has 0 radical (unpaired) electrons. The number of carbonyl (C=O) groups is 2. The van der Waals surface area contributed by atoms with Crippen LogP contribution in [-0.4, -0.2) is 34.5 Å². The van der Waals surface area contributed by atoms with Crippen molar-refractivity contribution in [2.24, 2.45) is 40.4 Å². The fourth-order valence-corrected chi connectivity index (χ4v) is 7.20. The van der Waals surface area contributed by atoms with Gasteiger partial charge in [0, 0.05) is 11.3 Å². The largest absolute Gasteiger partial charge is 0.481 e. The predicted octanol–water partition coefficient (Wildman–Crippen LogP) is 3.46. The average Bonchev–Trinajstić information content (AvgIpc) is 2.88. The van der Waals surface area contributed by atoms with Crippen LogP contribution in [0.15, 0.2) is 23.8 Å². The first-order valence-electron chi connectivity index (χ1n) is 9.76. The summed E-state index contributed by atoms with van der Waals surface area (Å²) in [7, 11) is 0. The topological polar surface area (TPSA) is 74.6 Å². The highest BCUT2D eigenvalue weighted by Crippen LogP contribution is 2.68. The van der Waals surface area contributed by atoms with Crippen molar-refractivity contribution in [3.63, 3.8) is 0 Å². The fourth-order valence-electron chi connectivity index (χ4n) is 7.20. The number of aliphatic hydroxyl groups excluding tert-OH is 1. The van der Waals surface area contributed by atoms with Crippen LogP contribution in [0.5, 0.6) is 0 Å². The second-order valence-corrected chi connectivity index (χ2v) is 9.24. The third kappa shape index (κ3) is 2.35. The van der Waals surface area contributed by atoms with Crippen LogP contribution in [0.1, 0.15) is 39.5 Å². The molecule has 8 atom stereocenters. The van der Waals surface area contributed by atoms with E-state index in [1.54, 1.807) is 13.0 Å². The number of allylic oxidation sites excluding steroid dienone is 4. The minimum atomic E-state index is -2.78. The number of hydrogen-bond acceptors (Lipinski definition) is 3. The molecule has 0 heterocycles. The van der Waals surface area contributed by atoms with Crippen LogP contribution >= 0.6 is 0 Å². The molecule has 0 aromatic rings. The number of ketones is 1. The molecule has 0 amide bonds. The van der Waals surface area contributed by atoms with Crippen molar-refractivity contribution < 1.29 is 28.6 Å². The number of alkyl halides is 2. The number of aliphatic carboxylic acids is 1. The Labute approximate surface area is 157 Å². The molecule has 4 nitrogen and oxygen atoms in total. The zero-order chi connectivity index (χ0) is 19.7. The van der Waals surface area contributed by atoms with Crippen molar-refractivity contribution in [1.29, 1.82) is 0 Å². The normalized spacial score (nSPS) is 48.7. The lowest BCUT2D eigenvalue weighted by molar-refractivity contribution is -0.188. The molecule has 0 aliphatic heterocycles. The molecule has 0 saturated heterocycles. The van der Waals surface area contributed by atoms with Crippen LogP contribution in [0.3, 0.4) is 0 Å². The van der Waals surface area contributed by atoms with Gasteiger partial charge in [-0.25, -0.2) is 8.78 Å². The number of rotatable bonds is 2. The minimum absolute atomic E-state index is 0.0754. The predicted molar refractivity (Wildman–Crippen MR) is 94.0 cm³/mol. The zero-order valence-electron chi connectivity index (χ0n) is 15.6. The zero-order valence-corrected chi connectivity index (χ0v) is 15.6. The first-order chi connectivity index (χ1) is 12.6. The van der Waals surface area contributed by atoms with E-state index in [0.717, 1.165) is 5.57 Å². The molecule has 0 bridgehead atoms. The Morgan fingerprint density at radius 1 is 1.37 bits per heavy atom. The summed E-state index contributed by atoms with van der Waals surface area (Å²) in [6.45, 7) is 3.72. The number of carboxylic acids is 1. The molecule has 3 fully saturated rings. The molecule has 27 heavy (non-hydrogen) atoms. The van der Waals surface area contributed by atoms with Gasteiger partial charge in [-0.05, 0) is 55.6 Å². The maximum absolute atomic E-state index is 14.4. The van der Waals surface area contributed by atoms with E-state index in [-0.39, 0.29) is 30.0 Å². The molecule has 3 saturated carbocycles. The van der Waals surface area contributed by atoms with Gasteiger partial charge < -0.3 is 10.2 Å². The first kappa shape index (κ1) is 18.8. The Morgan fingerprint density at radius 3 is 2.70 bits per heavy atom. The molecule has 0 aromatic carbocycles. The molecule has 3 unspecified atom stereocenters. The number of hydrogen-bond donors (Lipinski definition) is 2. The summed E-state index contributed by atoms with van der Waals surface area (Å²) < 4.78 is 28.8. The van der Waals surface area contributed by atoms with Gasteiger partial charge in [0.15, 0.2) is 5.78 Å². The third-order valence-corrected chi connectivity index (χ3v) is 8.13. The van der Waals surface area contributed by atoms with Gasteiger partial charge in [-0.15, -0.1) is 0 Å². The number of carbonyl (C=O) groups excluding carboxylic acids is 1. The fraction of sp³-hybridized carbons (Fsp3) is 0.714. The monoisotopic (exact) mass is 380 g/mol. The van der Waals surface area contributed by atoms with Gasteiger partial charge in [0.2, 0.25) is 6.43 Å². The van der Waals surface area contributed by atoms with E-state index in [2.05, 4.69) is 0 Å². The molecule has 148 valence electrons. The van der Waals surface area contributed by atoms with Gasteiger partial charge in [-0.3, -0.25) is 9.59 Å². The molecule has 0 aromatic heterocycles. The maximum Gasteiger partial charge on any atom is 0.307 e. The molecular formula is C21H26F2O4. The molecule has 2 N–H and O–H groups in total. The Bertz CT molecular complexity index is 744. The number of carboxylic acid groups (broad SMARTS) is 1. The lowest BCUT2D eigenvalue weighted by Gasteiger charge is -2.58. The molecule has 6 heteroatoms. The summed E-state index contributed by atoms with van der Waals surface area (Å²) in [6, 6.07) is 0. The van der Waals surface area contributed by atoms with Crippen molar-refractivity contribution in [3.05, 3.63) is 23.8 Å². The Hall–Kier alpha value is -1.56. The first-order valence-corrected chi connectivity index (χ1v) is 9.76. The molecule has 4 aliphatic carbocycles. The molecule has 0 spiro atoms. The van der Waals surface area contributed by atoms with Crippen molar-refractivity contribution in [2.75, 3.05) is 0 Å². The van der Waals surface area contributed by atoms with Crippen molar-refractivity contribution in [2.45, 2.75) is 52.1 Å². The van der Waals surface area contributed by atoms with Crippen molar-refractivity contribution in [1.82, 2.24) is 0 Å². The van der Waals surface area contributed by atoms with Crippen LogP contribution in [0.25, 0.3) is 0 Å². The second kappa shape index (κ2) is 5.97. The van der Waals surface area contributed by atoms with Crippen LogP contribution in [0.2, 0.25) is 0 Å². The summed E-state index contributed by atoms with van der Waals surface area (Å²) in [5.74, 6) is -3.60. The SMILES string of the molecule is CC1C[C@H]2[C@@H]3CCC4=CC(=O)C=C[C@]4(C)[C@H]3C(O)C[C@]2(C(F)F)C1C(=O)O. The smallest absolute Gasteiger partial charge is 0.307 e. The highest BCUT2D eigenvalue weighted by atomic mass is 19.3. The van der Waals surface area contributed by atoms with Gasteiger partial charge >= 0.3 is 5.97 Å².